The second-order valence-electron chi connectivity index (χ2n) is 5.24. The van der Waals surface area contributed by atoms with Crippen LogP contribution in [0.15, 0.2) is 18.2 Å². The number of likely N-dealkylation sites (tertiary alicyclic amines) is 1. The van der Waals surface area contributed by atoms with Gasteiger partial charge in [-0.15, -0.1) is 0 Å². The fourth-order valence-electron chi connectivity index (χ4n) is 2.75. The van der Waals surface area contributed by atoms with Crippen LogP contribution in [0.25, 0.3) is 0 Å². The van der Waals surface area contributed by atoms with Gasteiger partial charge in [-0.1, -0.05) is 29.3 Å². The quantitative estimate of drug-likeness (QED) is 0.927. The Morgan fingerprint density at radius 3 is 2.80 bits per heavy atom. The van der Waals surface area contributed by atoms with Gasteiger partial charge in [-0.3, -0.25) is 4.79 Å². The third-order valence-electron chi connectivity index (χ3n) is 3.79. The van der Waals surface area contributed by atoms with Gasteiger partial charge in [0.15, 0.2) is 0 Å². The van der Waals surface area contributed by atoms with E-state index in [1.807, 2.05) is 11.0 Å². The van der Waals surface area contributed by atoms with Crippen molar-refractivity contribution in [3.05, 3.63) is 33.8 Å². The van der Waals surface area contributed by atoms with Crippen LogP contribution in [-0.4, -0.2) is 29.9 Å². The topological polar surface area (TPSA) is 46.3 Å². The van der Waals surface area contributed by atoms with E-state index in [2.05, 4.69) is 0 Å². The van der Waals surface area contributed by atoms with Gasteiger partial charge in [0.1, 0.15) is 0 Å². The first-order valence-electron chi connectivity index (χ1n) is 7.05. The minimum atomic E-state index is 0.154. The first-order chi connectivity index (χ1) is 9.61. The van der Waals surface area contributed by atoms with Crippen molar-refractivity contribution in [3.8, 4) is 0 Å². The molecular formula is C15H20Cl2N2O. The van der Waals surface area contributed by atoms with Gasteiger partial charge in [-0.25, -0.2) is 0 Å². The van der Waals surface area contributed by atoms with E-state index >= 15 is 0 Å². The molecule has 1 atom stereocenters. The Morgan fingerprint density at radius 1 is 1.30 bits per heavy atom. The molecule has 0 aliphatic carbocycles. The fourth-order valence-corrected chi connectivity index (χ4v) is 3.07. The van der Waals surface area contributed by atoms with Crippen molar-refractivity contribution in [1.29, 1.82) is 0 Å². The van der Waals surface area contributed by atoms with Crippen molar-refractivity contribution >= 4 is 29.1 Å². The molecule has 0 spiro atoms. The summed E-state index contributed by atoms with van der Waals surface area (Å²) in [6, 6.07) is 5.65. The van der Waals surface area contributed by atoms with Crippen molar-refractivity contribution in [3.63, 3.8) is 0 Å². The Labute approximate surface area is 130 Å². The Morgan fingerprint density at radius 2 is 2.10 bits per heavy atom. The summed E-state index contributed by atoms with van der Waals surface area (Å²) in [4.78, 5) is 14.4. The Kier molecular flexibility index (Phi) is 5.70. The van der Waals surface area contributed by atoms with E-state index in [9.17, 15) is 4.79 Å². The number of nitrogens with zero attached hydrogens (tertiary/aromatic N) is 1. The number of piperidine rings is 1. The largest absolute Gasteiger partial charge is 0.339 e. The molecule has 1 saturated heterocycles. The summed E-state index contributed by atoms with van der Waals surface area (Å²) in [5.74, 6) is 0.154. The lowest BCUT2D eigenvalue weighted by molar-refractivity contribution is -0.134. The minimum absolute atomic E-state index is 0.154. The van der Waals surface area contributed by atoms with E-state index in [0.29, 0.717) is 29.1 Å². The van der Waals surface area contributed by atoms with E-state index in [0.717, 1.165) is 31.4 Å². The lowest BCUT2D eigenvalue weighted by atomic mass is 9.98. The van der Waals surface area contributed by atoms with Crippen molar-refractivity contribution in [2.45, 2.75) is 38.1 Å². The SMILES string of the molecule is NCCC1CCCCN1C(=O)Cc1ccc(Cl)c(Cl)c1. The third kappa shape index (κ3) is 3.87. The molecule has 1 heterocycles. The van der Waals surface area contributed by atoms with Crippen molar-refractivity contribution in [2.24, 2.45) is 5.73 Å². The molecule has 1 unspecified atom stereocenters. The molecule has 3 nitrogen and oxygen atoms in total. The van der Waals surface area contributed by atoms with Crippen LogP contribution < -0.4 is 5.73 Å². The van der Waals surface area contributed by atoms with Crippen LogP contribution in [0.2, 0.25) is 10.0 Å². The summed E-state index contributed by atoms with van der Waals surface area (Å²) >= 11 is 11.9. The molecule has 20 heavy (non-hydrogen) atoms. The Bertz CT molecular complexity index is 477. The van der Waals surface area contributed by atoms with E-state index in [1.165, 1.54) is 6.42 Å². The summed E-state index contributed by atoms with van der Waals surface area (Å²) in [5.41, 5.74) is 6.54. The number of hydrogen-bond acceptors (Lipinski definition) is 2. The molecule has 1 aromatic carbocycles. The average molecular weight is 315 g/mol. The lowest BCUT2D eigenvalue weighted by Gasteiger charge is -2.36. The number of carbonyl (C=O) groups excluding carboxylic acids is 1. The molecule has 5 heteroatoms. The van der Waals surface area contributed by atoms with Crippen LogP contribution in [0.3, 0.4) is 0 Å². The van der Waals surface area contributed by atoms with Crippen molar-refractivity contribution < 1.29 is 4.79 Å². The number of nitrogens with two attached hydrogens (primary N) is 1. The van der Waals surface area contributed by atoms with Crippen LogP contribution in [0.5, 0.6) is 0 Å². The third-order valence-corrected chi connectivity index (χ3v) is 4.53. The van der Waals surface area contributed by atoms with Crippen molar-refractivity contribution in [1.82, 2.24) is 4.90 Å². The molecule has 1 aromatic rings. The molecule has 0 radical (unpaired) electrons. The van der Waals surface area contributed by atoms with Gasteiger partial charge < -0.3 is 10.6 Å². The van der Waals surface area contributed by atoms with E-state index in [1.54, 1.807) is 12.1 Å². The number of halogens is 2. The smallest absolute Gasteiger partial charge is 0.227 e. The Hall–Kier alpha value is -0.770. The summed E-state index contributed by atoms with van der Waals surface area (Å²) in [7, 11) is 0. The molecule has 2 N–H and O–H groups in total. The van der Waals surface area contributed by atoms with Gasteiger partial charge in [-0.05, 0) is 49.9 Å². The monoisotopic (exact) mass is 314 g/mol. The fraction of sp³-hybridized carbons (Fsp3) is 0.533. The maximum atomic E-state index is 12.5. The van der Waals surface area contributed by atoms with Crippen molar-refractivity contribution in [2.75, 3.05) is 13.1 Å². The molecule has 1 amide bonds. The van der Waals surface area contributed by atoms with E-state index in [-0.39, 0.29) is 5.91 Å². The highest BCUT2D eigenvalue weighted by Crippen LogP contribution is 2.24. The highest BCUT2D eigenvalue weighted by atomic mass is 35.5. The second kappa shape index (κ2) is 7.30. The second-order valence-corrected chi connectivity index (χ2v) is 6.05. The molecule has 1 aliphatic heterocycles. The van der Waals surface area contributed by atoms with Crippen LogP contribution >= 0.6 is 23.2 Å². The minimum Gasteiger partial charge on any atom is -0.339 e. The standard InChI is InChI=1S/C15H20Cl2N2O/c16-13-5-4-11(9-14(13)17)10-15(20)19-8-2-1-3-12(19)6-7-18/h4-5,9,12H,1-3,6-8,10,18H2. The van der Waals surface area contributed by atoms with E-state index < -0.39 is 0 Å². The average Bonchev–Trinajstić information content (AvgIpc) is 2.44. The molecule has 1 aliphatic rings. The lowest BCUT2D eigenvalue weighted by Crippen LogP contribution is -2.45. The maximum absolute atomic E-state index is 12.5. The highest BCUT2D eigenvalue weighted by Gasteiger charge is 2.25. The Balaban J connectivity index is 2.03. The molecular weight excluding hydrogens is 295 g/mol. The normalized spacial score (nSPS) is 19.1. The number of amides is 1. The summed E-state index contributed by atoms with van der Waals surface area (Å²) in [5, 5.41) is 1.01. The molecule has 0 bridgehead atoms. The maximum Gasteiger partial charge on any atom is 0.227 e. The van der Waals surface area contributed by atoms with Gasteiger partial charge in [-0.2, -0.15) is 0 Å². The van der Waals surface area contributed by atoms with Crippen LogP contribution in [0, 0.1) is 0 Å². The van der Waals surface area contributed by atoms with Crippen LogP contribution in [-0.2, 0) is 11.2 Å². The van der Waals surface area contributed by atoms with Crippen LogP contribution in [0.4, 0.5) is 0 Å². The van der Waals surface area contributed by atoms with E-state index in [4.69, 9.17) is 28.9 Å². The van der Waals surface area contributed by atoms with Gasteiger partial charge in [0.25, 0.3) is 0 Å². The molecule has 1 fully saturated rings. The van der Waals surface area contributed by atoms with Gasteiger partial charge in [0.05, 0.1) is 16.5 Å². The predicted molar refractivity (Wildman–Crippen MR) is 83.2 cm³/mol. The zero-order chi connectivity index (χ0) is 14.5. The van der Waals surface area contributed by atoms with Crippen LogP contribution in [0.1, 0.15) is 31.2 Å². The summed E-state index contributed by atoms with van der Waals surface area (Å²) in [6.45, 7) is 1.46. The molecule has 0 saturated carbocycles. The zero-order valence-corrected chi connectivity index (χ0v) is 13.0. The number of rotatable bonds is 4. The first kappa shape index (κ1) is 15.6. The van der Waals surface area contributed by atoms with Gasteiger partial charge in [0, 0.05) is 12.6 Å². The number of carbonyl (C=O) groups is 1. The molecule has 2 rings (SSSR count). The van der Waals surface area contributed by atoms with Gasteiger partial charge in [0.2, 0.25) is 5.91 Å². The molecule has 110 valence electrons. The highest BCUT2D eigenvalue weighted by molar-refractivity contribution is 6.42. The van der Waals surface area contributed by atoms with Gasteiger partial charge >= 0.3 is 0 Å². The molecule has 0 aromatic heterocycles. The summed E-state index contributed by atoms with van der Waals surface area (Å²) in [6.07, 6.45) is 4.57. The zero-order valence-electron chi connectivity index (χ0n) is 11.4. The summed E-state index contributed by atoms with van der Waals surface area (Å²) < 4.78 is 0. The number of benzene rings is 1. The number of hydrogen-bond donors (Lipinski definition) is 1. The predicted octanol–water partition coefficient (Wildman–Crippen LogP) is 3.27. The first-order valence-corrected chi connectivity index (χ1v) is 7.81.